The molecule has 0 radical (unpaired) electrons. The van der Waals surface area contributed by atoms with Crippen LogP contribution in [0, 0.1) is 6.92 Å². The fourth-order valence-corrected chi connectivity index (χ4v) is 2.62. The highest BCUT2D eigenvalue weighted by Crippen LogP contribution is 2.14. The van der Waals surface area contributed by atoms with Gasteiger partial charge in [-0.2, -0.15) is 8.42 Å². The minimum atomic E-state index is -3.65. The first-order valence-electron chi connectivity index (χ1n) is 6.57. The van der Waals surface area contributed by atoms with E-state index in [9.17, 15) is 8.42 Å². The molecule has 1 aromatic rings. The van der Waals surface area contributed by atoms with Crippen LogP contribution in [-0.2, 0) is 19.0 Å². The van der Waals surface area contributed by atoms with Crippen molar-refractivity contribution in [3.05, 3.63) is 29.8 Å². The predicted molar refractivity (Wildman–Crippen MR) is 74.6 cm³/mol. The van der Waals surface area contributed by atoms with Crippen LogP contribution < -0.4 is 0 Å². The van der Waals surface area contributed by atoms with Crippen LogP contribution in [0.15, 0.2) is 29.2 Å². The second-order valence-electron chi connectivity index (χ2n) is 4.36. The number of hydrogen-bond acceptors (Lipinski definition) is 4. The molecule has 0 aliphatic carbocycles. The molecule has 0 aliphatic rings. The van der Waals surface area contributed by atoms with Crippen molar-refractivity contribution in [2.75, 3.05) is 13.2 Å². The van der Waals surface area contributed by atoms with Crippen molar-refractivity contribution in [3.63, 3.8) is 0 Å². The Morgan fingerprint density at radius 2 is 1.79 bits per heavy atom. The van der Waals surface area contributed by atoms with E-state index in [-0.39, 0.29) is 17.6 Å². The third kappa shape index (κ3) is 5.30. The van der Waals surface area contributed by atoms with Crippen LogP contribution in [0.25, 0.3) is 0 Å². The van der Waals surface area contributed by atoms with Crippen LogP contribution in [0.4, 0.5) is 0 Å². The molecule has 0 aromatic heterocycles. The minimum Gasteiger partial charge on any atom is -0.378 e. The van der Waals surface area contributed by atoms with Crippen molar-refractivity contribution in [2.24, 2.45) is 0 Å². The third-order valence-corrected chi connectivity index (χ3v) is 4.17. The van der Waals surface area contributed by atoms with Crippen molar-refractivity contribution in [1.29, 1.82) is 0 Å². The van der Waals surface area contributed by atoms with Gasteiger partial charge >= 0.3 is 0 Å². The van der Waals surface area contributed by atoms with Crippen LogP contribution in [0.5, 0.6) is 0 Å². The zero-order valence-electron chi connectivity index (χ0n) is 11.8. The predicted octanol–water partition coefficient (Wildman–Crippen LogP) is 2.91. The first-order valence-corrected chi connectivity index (χ1v) is 7.98. The van der Waals surface area contributed by atoms with Crippen molar-refractivity contribution in [1.82, 2.24) is 0 Å². The molecular formula is C14H22O4S. The quantitative estimate of drug-likeness (QED) is 0.690. The monoisotopic (exact) mass is 286 g/mol. The second kappa shape index (κ2) is 7.62. The van der Waals surface area contributed by atoms with E-state index >= 15 is 0 Å². The summed E-state index contributed by atoms with van der Waals surface area (Å²) in [5.41, 5.74) is 1.02. The molecule has 0 aliphatic heterocycles. The summed E-state index contributed by atoms with van der Waals surface area (Å²) >= 11 is 0. The smallest absolute Gasteiger partial charge is 0.296 e. The zero-order chi connectivity index (χ0) is 14.3. The Hall–Kier alpha value is -0.910. The number of rotatable bonds is 8. The van der Waals surface area contributed by atoms with Crippen LogP contribution in [-0.4, -0.2) is 27.7 Å². The number of ether oxygens (including phenoxy) is 1. The lowest BCUT2D eigenvalue weighted by atomic mass is 10.2. The summed E-state index contributed by atoms with van der Waals surface area (Å²) in [6, 6.07) is 6.63. The largest absolute Gasteiger partial charge is 0.378 e. The van der Waals surface area contributed by atoms with Crippen LogP contribution in [0.2, 0.25) is 0 Å². The molecule has 1 rings (SSSR count). The standard InChI is InChI=1S/C14H22O4S/c1-4-13(17-5-2)10-11-18-19(15,16)14-8-6-12(3)7-9-14/h6-9,13H,4-5,10-11H2,1-3H3. The van der Waals surface area contributed by atoms with Crippen LogP contribution in [0.3, 0.4) is 0 Å². The van der Waals surface area contributed by atoms with E-state index in [2.05, 4.69) is 0 Å². The van der Waals surface area contributed by atoms with Gasteiger partial charge in [-0.05, 0) is 38.8 Å². The van der Waals surface area contributed by atoms with Gasteiger partial charge in [0.15, 0.2) is 0 Å². The van der Waals surface area contributed by atoms with Gasteiger partial charge < -0.3 is 4.74 Å². The molecule has 0 saturated carbocycles. The molecule has 19 heavy (non-hydrogen) atoms. The molecule has 0 heterocycles. The highest BCUT2D eigenvalue weighted by atomic mass is 32.2. The topological polar surface area (TPSA) is 52.6 Å². The maximum atomic E-state index is 11.9. The first kappa shape index (κ1) is 16.1. The molecule has 0 spiro atoms. The molecule has 1 unspecified atom stereocenters. The van der Waals surface area contributed by atoms with Gasteiger partial charge in [-0.25, -0.2) is 0 Å². The Bertz CT molecular complexity index is 465. The van der Waals surface area contributed by atoms with E-state index < -0.39 is 10.1 Å². The lowest BCUT2D eigenvalue weighted by Crippen LogP contribution is -2.16. The maximum absolute atomic E-state index is 11.9. The first-order chi connectivity index (χ1) is 8.99. The summed E-state index contributed by atoms with van der Waals surface area (Å²) in [5.74, 6) is 0. The van der Waals surface area contributed by atoms with E-state index in [1.54, 1.807) is 24.3 Å². The molecular weight excluding hydrogens is 264 g/mol. The van der Waals surface area contributed by atoms with Gasteiger partial charge in [-0.15, -0.1) is 0 Å². The summed E-state index contributed by atoms with van der Waals surface area (Å²) in [6.07, 6.45) is 1.48. The normalized spacial score (nSPS) is 13.4. The Morgan fingerprint density at radius 3 is 2.32 bits per heavy atom. The van der Waals surface area contributed by atoms with Crippen LogP contribution in [0.1, 0.15) is 32.3 Å². The highest BCUT2D eigenvalue weighted by Gasteiger charge is 2.15. The van der Waals surface area contributed by atoms with Gasteiger partial charge in [-0.3, -0.25) is 4.18 Å². The van der Waals surface area contributed by atoms with Gasteiger partial charge in [0.2, 0.25) is 0 Å². The molecule has 0 fully saturated rings. The molecule has 0 N–H and O–H groups in total. The molecule has 1 atom stereocenters. The lowest BCUT2D eigenvalue weighted by Gasteiger charge is -2.14. The van der Waals surface area contributed by atoms with E-state index in [1.807, 2.05) is 20.8 Å². The Balaban J connectivity index is 2.54. The second-order valence-corrected chi connectivity index (χ2v) is 5.98. The van der Waals surface area contributed by atoms with Gasteiger partial charge in [0.05, 0.1) is 17.6 Å². The highest BCUT2D eigenvalue weighted by molar-refractivity contribution is 7.86. The third-order valence-electron chi connectivity index (χ3n) is 2.85. The summed E-state index contributed by atoms with van der Waals surface area (Å²) in [6.45, 7) is 6.62. The fourth-order valence-electron chi connectivity index (χ4n) is 1.70. The summed E-state index contributed by atoms with van der Waals surface area (Å²) in [5, 5.41) is 0. The number of aryl methyl sites for hydroxylation is 1. The SMILES string of the molecule is CCOC(CC)CCOS(=O)(=O)c1ccc(C)cc1. The Kier molecular flexibility index (Phi) is 6.48. The van der Waals surface area contributed by atoms with E-state index in [4.69, 9.17) is 8.92 Å². The van der Waals surface area contributed by atoms with Crippen molar-refractivity contribution < 1.29 is 17.3 Å². The fraction of sp³-hybridized carbons (Fsp3) is 0.571. The van der Waals surface area contributed by atoms with Crippen molar-refractivity contribution in [2.45, 2.75) is 44.6 Å². The molecule has 4 nitrogen and oxygen atoms in total. The van der Waals surface area contributed by atoms with Crippen LogP contribution >= 0.6 is 0 Å². The number of benzene rings is 1. The summed E-state index contributed by atoms with van der Waals surface area (Å²) in [4.78, 5) is 0.197. The van der Waals surface area contributed by atoms with E-state index in [0.29, 0.717) is 13.0 Å². The molecule has 1 aromatic carbocycles. The average molecular weight is 286 g/mol. The molecule has 0 amide bonds. The Labute approximate surface area is 115 Å². The van der Waals surface area contributed by atoms with Crippen molar-refractivity contribution >= 4 is 10.1 Å². The van der Waals surface area contributed by atoms with Gasteiger partial charge in [0.25, 0.3) is 10.1 Å². The van der Waals surface area contributed by atoms with Gasteiger partial charge in [0.1, 0.15) is 0 Å². The lowest BCUT2D eigenvalue weighted by molar-refractivity contribution is 0.0449. The Morgan fingerprint density at radius 1 is 1.16 bits per heavy atom. The molecule has 0 saturated heterocycles. The summed E-state index contributed by atoms with van der Waals surface area (Å²) < 4.78 is 34.3. The van der Waals surface area contributed by atoms with Crippen molar-refractivity contribution in [3.8, 4) is 0 Å². The minimum absolute atomic E-state index is 0.0539. The summed E-state index contributed by atoms with van der Waals surface area (Å²) in [7, 11) is -3.65. The van der Waals surface area contributed by atoms with Gasteiger partial charge in [-0.1, -0.05) is 24.6 Å². The average Bonchev–Trinajstić information content (AvgIpc) is 2.38. The maximum Gasteiger partial charge on any atom is 0.296 e. The molecule has 0 bridgehead atoms. The van der Waals surface area contributed by atoms with Gasteiger partial charge in [0, 0.05) is 6.61 Å². The molecule has 5 heteroatoms. The zero-order valence-corrected chi connectivity index (χ0v) is 12.6. The van der Waals surface area contributed by atoms with E-state index in [1.165, 1.54) is 0 Å². The number of hydrogen-bond donors (Lipinski definition) is 0. The van der Waals surface area contributed by atoms with E-state index in [0.717, 1.165) is 12.0 Å². The molecule has 108 valence electrons.